The second-order valence-electron chi connectivity index (χ2n) is 6.97. The minimum absolute atomic E-state index is 0.215. The lowest BCUT2D eigenvalue weighted by Gasteiger charge is -2.26. The molecule has 0 radical (unpaired) electrons. The molecule has 2 aromatic rings. The quantitative estimate of drug-likeness (QED) is 0.225. The first-order valence-corrected chi connectivity index (χ1v) is 10.2. The van der Waals surface area contributed by atoms with E-state index >= 15 is 0 Å². The number of aliphatic hydroxyl groups is 1. The highest BCUT2D eigenvalue weighted by molar-refractivity contribution is 6.60. The number of nitrogens with zero attached hydrogens (tertiary/aromatic N) is 2. The van der Waals surface area contributed by atoms with Gasteiger partial charge in [0.25, 0.3) is 11.7 Å². The van der Waals surface area contributed by atoms with Crippen LogP contribution >= 0.6 is 0 Å². The minimum Gasteiger partial charge on any atom is -0.506 e. The SMILES string of the molecule is COC(=O)C(=Nc1ccc(OC)cc1)C(C(=O)C(=O)N1CCOCC1)=C(O)c1ccccc1. The lowest BCUT2D eigenvalue weighted by molar-refractivity contribution is -0.145. The summed E-state index contributed by atoms with van der Waals surface area (Å²) in [6.07, 6.45) is 0. The number of aliphatic imine (C=N–C) groups is 1. The number of esters is 1. The summed E-state index contributed by atoms with van der Waals surface area (Å²) < 4.78 is 15.2. The normalized spacial score (nSPS) is 14.8. The van der Waals surface area contributed by atoms with Crippen LogP contribution in [-0.4, -0.2) is 73.9 Å². The van der Waals surface area contributed by atoms with Gasteiger partial charge in [0.15, 0.2) is 5.71 Å². The summed E-state index contributed by atoms with van der Waals surface area (Å²) in [7, 11) is 2.63. The molecule has 1 saturated heterocycles. The second-order valence-corrected chi connectivity index (χ2v) is 6.97. The molecular weight excluding hydrogens is 428 g/mol. The fourth-order valence-corrected chi connectivity index (χ4v) is 3.17. The van der Waals surface area contributed by atoms with E-state index in [2.05, 4.69) is 4.99 Å². The topological polar surface area (TPSA) is 115 Å². The molecule has 9 nitrogen and oxygen atoms in total. The van der Waals surface area contributed by atoms with E-state index in [-0.39, 0.29) is 31.9 Å². The van der Waals surface area contributed by atoms with Gasteiger partial charge < -0.3 is 24.2 Å². The van der Waals surface area contributed by atoms with Crippen LogP contribution in [0.3, 0.4) is 0 Å². The van der Waals surface area contributed by atoms with Crippen molar-refractivity contribution in [3.63, 3.8) is 0 Å². The third-order valence-electron chi connectivity index (χ3n) is 4.93. The Labute approximate surface area is 190 Å². The van der Waals surface area contributed by atoms with E-state index in [0.29, 0.717) is 11.4 Å². The van der Waals surface area contributed by atoms with Crippen LogP contribution in [0, 0.1) is 0 Å². The van der Waals surface area contributed by atoms with Crippen LogP contribution in [0.4, 0.5) is 5.69 Å². The summed E-state index contributed by atoms with van der Waals surface area (Å²) in [5.41, 5.74) is -0.501. The number of Topliss-reactive ketones (excluding diaryl/α,β-unsaturated/α-hetero) is 1. The predicted octanol–water partition coefficient (Wildman–Crippen LogP) is 2.34. The van der Waals surface area contributed by atoms with Gasteiger partial charge in [-0.3, -0.25) is 9.59 Å². The molecule has 9 heteroatoms. The van der Waals surface area contributed by atoms with Gasteiger partial charge in [0.2, 0.25) is 0 Å². The average molecular weight is 452 g/mol. The maximum atomic E-state index is 13.4. The zero-order valence-corrected chi connectivity index (χ0v) is 18.3. The first-order chi connectivity index (χ1) is 16.0. The molecule has 0 aliphatic carbocycles. The summed E-state index contributed by atoms with van der Waals surface area (Å²) in [6.45, 7) is 0.999. The van der Waals surface area contributed by atoms with E-state index in [9.17, 15) is 19.5 Å². The Kier molecular flexibility index (Phi) is 7.93. The van der Waals surface area contributed by atoms with Crippen LogP contribution in [0.2, 0.25) is 0 Å². The number of aliphatic hydroxyl groups excluding tert-OH is 1. The molecule has 3 rings (SSSR count). The standard InChI is InChI=1S/C24H24N2O7/c1-31-18-10-8-17(9-11-18)25-20(24(30)32-2)19(21(27)16-6-4-3-5-7-16)22(28)23(29)26-12-14-33-15-13-26/h3-11,27H,12-15H2,1-2H3. The Balaban J connectivity index is 2.15. The number of carbonyl (C=O) groups is 3. The molecule has 172 valence electrons. The first kappa shape index (κ1) is 23.7. The highest BCUT2D eigenvalue weighted by atomic mass is 16.5. The average Bonchev–Trinajstić information content (AvgIpc) is 2.88. The van der Waals surface area contributed by atoms with E-state index in [1.165, 1.54) is 12.0 Å². The second kappa shape index (κ2) is 11.1. The number of hydrogen-bond donors (Lipinski definition) is 1. The van der Waals surface area contributed by atoms with E-state index in [1.54, 1.807) is 54.6 Å². The molecule has 0 bridgehead atoms. The van der Waals surface area contributed by atoms with Crippen LogP contribution < -0.4 is 4.74 Å². The Morgan fingerprint density at radius 2 is 1.61 bits per heavy atom. The highest BCUT2D eigenvalue weighted by Crippen LogP contribution is 2.24. The van der Waals surface area contributed by atoms with Crippen LogP contribution in [0.5, 0.6) is 5.75 Å². The van der Waals surface area contributed by atoms with Crippen LogP contribution in [0.1, 0.15) is 5.56 Å². The van der Waals surface area contributed by atoms with Crippen LogP contribution in [0.25, 0.3) is 5.76 Å². The van der Waals surface area contributed by atoms with E-state index < -0.39 is 34.7 Å². The van der Waals surface area contributed by atoms with E-state index in [0.717, 1.165) is 7.11 Å². The lowest BCUT2D eigenvalue weighted by Crippen LogP contribution is -2.45. The smallest absolute Gasteiger partial charge is 0.357 e. The first-order valence-electron chi connectivity index (χ1n) is 10.2. The number of methoxy groups -OCH3 is 2. The Bertz CT molecular complexity index is 1070. The maximum absolute atomic E-state index is 13.4. The maximum Gasteiger partial charge on any atom is 0.357 e. The highest BCUT2D eigenvalue weighted by Gasteiger charge is 2.35. The molecule has 1 N–H and O–H groups in total. The molecule has 1 aliphatic rings. The molecule has 1 aliphatic heterocycles. The Morgan fingerprint density at radius 3 is 2.18 bits per heavy atom. The summed E-state index contributed by atoms with van der Waals surface area (Å²) in [4.78, 5) is 44.6. The molecular formula is C24H24N2O7. The van der Waals surface area contributed by atoms with Crippen molar-refractivity contribution >= 4 is 34.8 Å². The Morgan fingerprint density at radius 1 is 0.970 bits per heavy atom. The molecule has 2 aromatic carbocycles. The number of benzene rings is 2. The molecule has 33 heavy (non-hydrogen) atoms. The fourth-order valence-electron chi connectivity index (χ4n) is 3.17. The third-order valence-corrected chi connectivity index (χ3v) is 4.93. The zero-order valence-electron chi connectivity index (χ0n) is 18.3. The number of ketones is 1. The molecule has 1 amide bonds. The van der Waals surface area contributed by atoms with Crippen molar-refractivity contribution in [1.29, 1.82) is 0 Å². The summed E-state index contributed by atoms with van der Waals surface area (Å²) >= 11 is 0. The largest absolute Gasteiger partial charge is 0.506 e. The fraction of sp³-hybridized carbons (Fsp3) is 0.250. The number of morpholine rings is 1. The lowest BCUT2D eigenvalue weighted by atomic mass is 9.98. The van der Waals surface area contributed by atoms with Crippen molar-refractivity contribution in [3.8, 4) is 5.75 Å². The van der Waals surface area contributed by atoms with Crippen molar-refractivity contribution in [2.75, 3.05) is 40.5 Å². The number of amides is 1. The number of carbonyl (C=O) groups excluding carboxylic acids is 3. The van der Waals surface area contributed by atoms with Gasteiger partial charge in [-0.25, -0.2) is 9.79 Å². The monoisotopic (exact) mass is 452 g/mol. The van der Waals surface area contributed by atoms with Crippen molar-refractivity contribution in [3.05, 3.63) is 65.7 Å². The van der Waals surface area contributed by atoms with Crippen molar-refractivity contribution < 1.29 is 33.7 Å². The van der Waals surface area contributed by atoms with Crippen LogP contribution in [0.15, 0.2) is 65.2 Å². The Hall–Kier alpha value is -3.98. The van der Waals surface area contributed by atoms with Gasteiger partial charge in [-0.15, -0.1) is 0 Å². The van der Waals surface area contributed by atoms with Gasteiger partial charge in [-0.2, -0.15) is 0 Å². The molecule has 1 heterocycles. The van der Waals surface area contributed by atoms with Gasteiger partial charge in [0.1, 0.15) is 17.1 Å². The molecule has 0 unspecified atom stereocenters. The third kappa shape index (κ3) is 5.64. The van der Waals surface area contributed by atoms with Gasteiger partial charge in [-0.1, -0.05) is 30.3 Å². The van der Waals surface area contributed by atoms with Gasteiger partial charge >= 0.3 is 5.97 Å². The number of hydrogen-bond acceptors (Lipinski definition) is 8. The number of rotatable bonds is 7. The van der Waals surface area contributed by atoms with E-state index in [1.807, 2.05) is 0 Å². The summed E-state index contributed by atoms with van der Waals surface area (Å²) in [5.74, 6) is -2.92. The molecule has 1 fully saturated rings. The summed E-state index contributed by atoms with van der Waals surface area (Å²) in [6, 6.07) is 14.5. The zero-order chi connectivity index (χ0) is 23.8. The molecule has 0 atom stereocenters. The van der Waals surface area contributed by atoms with Crippen LogP contribution in [-0.2, 0) is 23.9 Å². The van der Waals surface area contributed by atoms with Crippen molar-refractivity contribution in [2.24, 2.45) is 4.99 Å². The van der Waals surface area contributed by atoms with Crippen molar-refractivity contribution in [1.82, 2.24) is 4.90 Å². The van der Waals surface area contributed by atoms with Gasteiger partial charge in [-0.05, 0) is 24.3 Å². The molecule has 0 aromatic heterocycles. The summed E-state index contributed by atoms with van der Waals surface area (Å²) in [5, 5.41) is 11.0. The molecule has 0 saturated carbocycles. The van der Waals surface area contributed by atoms with Gasteiger partial charge in [0.05, 0.1) is 33.1 Å². The van der Waals surface area contributed by atoms with E-state index in [4.69, 9.17) is 14.2 Å². The van der Waals surface area contributed by atoms with Crippen molar-refractivity contribution in [2.45, 2.75) is 0 Å². The molecule has 0 spiro atoms. The predicted molar refractivity (Wildman–Crippen MR) is 121 cm³/mol. The minimum atomic E-state index is -1.07. The van der Waals surface area contributed by atoms with Gasteiger partial charge in [0, 0.05) is 18.7 Å². The number of ether oxygens (including phenoxy) is 3.